The summed E-state index contributed by atoms with van der Waals surface area (Å²) in [6.07, 6.45) is -0.0382. The fraction of sp³-hybridized carbons (Fsp3) is 0.143. The highest BCUT2D eigenvalue weighted by atomic mass is 15.4. The first-order valence-electron chi connectivity index (χ1n) is 16.2. The van der Waals surface area contributed by atoms with Crippen LogP contribution in [0.3, 0.4) is 0 Å². The summed E-state index contributed by atoms with van der Waals surface area (Å²) in [5.74, 6) is 0. The Balaban J connectivity index is 1.16. The smallest absolute Gasteiger partial charge is 0.0864 e. The van der Waals surface area contributed by atoms with Gasteiger partial charge in [0, 0.05) is 21.9 Å². The Morgan fingerprint density at radius 3 is 1.67 bits per heavy atom. The van der Waals surface area contributed by atoms with Crippen LogP contribution in [0, 0.1) is 0 Å². The van der Waals surface area contributed by atoms with Crippen molar-refractivity contribution >= 4 is 21.8 Å². The summed E-state index contributed by atoms with van der Waals surface area (Å²) in [5.41, 5.74) is 12.7. The predicted molar refractivity (Wildman–Crippen MR) is 189 cm³/mol. The molecule has 7 aromatic rings. The highest BCUT2D eigenvalue weighted by Crippen LogP contribution is 2.52. The normalized spacial score (nSPS) is 20.1. The molecule has 0 bridgehead atoms. The number of hydrogen-bond donors (Lipinski definition) is 3. The summed E-state index contributed by atoms with van der Waals surface area (Å²) in [4.78, 5) is 0. The molecule has 2 aliphatic rings. The van der Waals surface area contributed by atoms with Gasteiger partial charge in [0.1, 0.15) is 0 Å². The molecule has 3 N–H and O–H groups in total. The molecule has 1 aliphatic heterocycles. The maximum absolute atomic E-state index is 3.83. The monoisotopic (exact) mass is 596 g/mol. The first-order chi connectivity index (χ1) is 22.6. The van der Waals surface area contributed by atoms with Gasteiger partial charge in [-0.3, -0.25) is 16.0 Å². The number of aromatic nitrogens is 1. The molecule has 2 atom stereocenters. The minimum absolute atomic E-state index is 0.00104. The summed E-state index contributed by atoms with van der Waals surface area (Å²) < 4.78 is 2.49. The molecular weight excluding hydrogens is 560 g/mol. The summed E-state index contributed by atoms with van der Waals surface area (Å²) in [5, 5.41) is 14.0. The Hall–Kier alpha value is -5.00. The molecule has 9 rings (SSSR count). The van der Waals surface area contributed by atoms with Crippen LogP contribution in [0.15, 0.2) is 146 Å². The van der Waals surface area contributed by atoms with Crippen LogP contribution in [-0.4, -0.2) is 4.57 Å². The number of rotatable bonds is 4. The minimum Gasteiger partial charge on any atom is -0.309 e. The second-order valence-corrected chi connectivity index (χ2v) is 13.1. The van der Waals surface area contributed by atoms with Crippen molar-refractivity contribution < 1.29 is 0 Å². The van der Waals surface area contributed by atoms with Crippen molar-refractivity contribution in [1.29, 1.82) is 0 Å². The molecule has 1 aromatic heterocycles. The van der Waals surface area contributed by atoms with Gasteiger partial charge in [-0.2, -0.15) is 0 Å². The minimum atomic E-state index is -0.112. The number of benzene rings is 6. The Bertz CT molecular complexity index is 2170. The van der Waals surface area contributed by atoms with Crippen molar-refractivity contribution in [3.8, 4) is 16.8 Å². The van der Waals surface area contributed by atoms with Gasteiger partial charge in [-0.1, -0.05) is 141 Å². The van der Waals surface area contributed by atoms with E-state index in [1.165, 1.54) is 66.4 Å². The Morgan fingerprint density at radius 2 is 1.02 bits per heavy atom. The molecular formula is C42H36N4. The van der Waals surface area contributed by atoms with E-state index in [-0.39, 0.29) is 23.9 Å². The van der Waals surface area contributed by atoms with E-state index in [1.807, 2.05) is 0 Å². The lowest BCUT2D eigenvalue weighted by Crippen LogP contribution is -2.54. The lowest BCUT2D eigenvalue weighted by Gasteiger charge is -2.39. The quantitative estimate of drug-likeness (QED) is 0.190. The molecule has 0 radical (unpaired) electrons. The lowest BCUT2D eigenvalue weighted by atomic mass is 9.81. The van der Waals surface area contributed by atoms with E-state index in [4.69, 9.17) is 0 Å². The second kappa shape index (κ2) is 10.5. The van der Waals surface area contributed by atoms with Gasteiger partial charge in [-0.05, 0) is 57.1 Å². The summed E-state index contributed by atoms with van der Waals surface area (Å²) in [6.45, 7) is 4.76. The van der Waals surface area contributed by atoms with Crippen molar-refractivity contribution in [3.05, 3.63) is 173 Å². The van der Waals surface area contributed by atoms with Crippen LogP contribution in [0.5, 0.6) is 0 Å². The van der Waals surface area contributed by atoms with E-state index in [0.717, 1.165) is 0 Å². The molecule has 46 heavy (non-hydrogen) atoms. The summed E-state index contributed by atoms with van der Waals surface area (Å²) in [6, 6.07) is 52.8. The van der Waals surface area contributed by atoms with E-state index >= 15 is 0 Å². The lowest BCUT2D eigenvalue weighted by molar-refractivity contribution is 0.203. The molecule has 4 heteroatoms. The van der Waals surface area contributed by atoms with Crippen LogP contribution in [0.4, 0.5) is 0 Å². The second-order valence-electron chi connectivity index (χ2n) is 13.1. The van der Waals surface area contributed by atoms with Gasteiger partial charge in [0.15, 0.2) is 0 Å². The average Bonchev–Trinajstić information content (AvgIpc) is 3.57. The molecule has 224 valence electrons. The first-order valence-corrected chi connectivity index (χ1v) is 16.2. The van der Waals surface area contributed by atoms with Crippen molar-refractivity contribution in [1.82, 2.24) is 20.5 Å². The van der Waals surface area contributed by atoms with Gasteiger partial charge in [0.05, 0.1) is 29.5 Å². The van der Waals surface area contributed by atoms with Gasteiger partial charge in [0.2, 0.25) is 0 Å². The largest absolute Gasteiger partial charge is 0.309 e. The highest BCUT2D eigenvalue weighted by molar-refractivity contribution is 6.13. The van der Waals surface area contributed by atoms with Crippen molar-refractivity contribution in [2.75, 3.05) is 0 Å². The predicted octanol–water partition coefficient (Wildman–Crippen LogP) is 9.27. The Labute approximate surface area is 269 Å². The van der Waals surface area contributed by atoms with Crippen molar-refractivity contribution in [3.63, 3.8) is 0 Å². The maximum atomic E-state index is 3.83. The van der Waals surface area contributed by atoms with Crippen molar-refractivity contribution in [2.45, 2.75) is 37.8 Å². The first kappa shape index (κ1) is 27.3. The van der Waals surface area contributed by atoms with Crippen LogP contribution >= 0.6 is 0 Å². The van der Waals surface area contributed by atoms with Crippen LogP contribution < -0.4 is 16.0 Å². The van der Waals surface area contributed by atoms with E-state index in [2.05, 4.69) is 180 Å². The zero-order valence-electron chi connectivity index (χ0n) is 26.0. The molecule has 2 heterocycles. The number of hydrogen-bond acceptors (Lipinski definition) is 3. The molecule has 4 nitrogen and oxygen atoms in total. The van der Waals surface area contributed by atoms with Gasteiger partial charge < -0.3 is 4.57 Å². The highest BCUT2D eigenvalue weighted by Gasteiger charge is 2.38. The molecule has 1 aliphatic carbocycles. The van der Waals surface area contributed by atoms with Gasteiger partial charge in [0.25, 0.3) is 0 Å². The zero-order valence-corrected chi connectivity index (χ0v) is 26.0. The van der Waals surface area contributed by atoms with Crippen LogP contribution in [0.1, 0.15) is 60.2 Å². The van der Waals surface area contributed by atoms with E-state index in [1.54, 1.807) is 0 Å². The molecule has 1 saturated heterocycles. The fourth-order valence-corrected chi connectivity index (χ4v) is 7.91. The van der Waals surface area contributed by atoms with E-state index < -0.39 is 0 Å². The Morgan fingerprint density at radius 1 is 0.478 bits per heavy atom. The SMILES string of the molecule is CC1(C)c2ccccc2-c2ccc3c4ccccc4n(-c4ccc(C5NC(c6ccccc6)NC(c6ccccc6)N5)cc4)c3c21. The molecule has 2 unspecified atom stereocenters. The number of nitrogens with zero attached hydrogens (tertiary/aromatic N) is 1. The van der Waals surface area contributed by atoms with Crippen molar-refractivity contribution in [2.24, 2.45) is 0 Å². The Kier molecular flexibility index (Phi) is 6.26. The summed E-state index contributed by atoms with van der Waals surface area (Å²) in [7, 11) is 0. The number of para-hydroxylation sites is 1. The zero-order chi connectivity index (χ0) is 30.8. The van der Waals surface area contributed by atoms with Crippen LogP contribution in [-0.2, 0) is 5.41 Å². The number of nitrogens with one attached hydrogen (secondary N) is 3. The van der Waals surface area contributed by atoms with Crippen LogP contribution in [0.2, 0.25) is 0 Å². The molecule has 6 aromatic carbocycles. The third kappa shape index (κ3) is 4.19. The van der Waals surface area contributed by atoms with Gasteiger partial charge >= 0.3 is 0 Å². The maximum Gasteiger partial charge on any atom is 0.0864 e. The van der Waals surface area contributed by atoms with E-state index in [0.29, 0.717) is 0 Å². The topological polar surface area (TPSA) is 41.0 Å². The summed E-state index contributed by atoms with van der Waals surface area (Å²) >= 11 is 0. The van der Waals surface area contributed by atoms with E-state index in [9.17, 15) is 0 Å². The van der Waals surface area contributed by atoms with Gasteiger partial charge in [-0.25, -0.2) is 0 Å². The molecule has 0 saturated carbocycles. The van der Waals surface area contributed by atoms with Crippen LogP contribution in [0.25, 0.3) is 38.6 Å². The third-order valence-corrected chi connectivity index (χ3v) is 10.1. The van der Waals surface area contributed by atoms with Gasteiger partial charge in [-0.15, -0.1) is 0 Å². The molecule has 1 fully saturated rings. The third-order valence-electron chi connectivity index (χ3n) is 10.1. The molecule has 0 amide bonds. The standard InChI is InChI=1S/C42H36N4/c1-42(2)35-19-11-9-17-31(35)33-25-26-34-32-18-10-12-20-36(32)46(38(34)37(33)42)30-23-21-29(22-24-30)41-44-39(27-13-5-3-6-14-27)43-40(45-41)28-15-7-4-8-16-28/h3-26,39-41,43-45H,1-2H3. The number of fused-ring (bicyclic) bond motifs is 7. The molecule has 0 spiro atoms. The average molecular weight is 597 g/mol. The fourth-order valence-electron chi connectivity index (χ4n) is 7.91.